The molecule has 0 spiro atoms. The van der Waals surface area contributed by atoms with E-state index >= 15 is 0 Å². The summed E-state index contributed by atoms with van der Waals surface area (Å²) in [5.41, 5.74) is 4.92. The van der Waals surface area contributed by atoms with Gasteiger partial charge in [0.15, 0.2) is 0 Å². The van der Waals surface area contributed by atoms with E-state index in [1.54, 1.807) is 0 Å². The Morgan fingerprint density at radius 3 is 2.33 bits per heavy atom. The van der Waals surface area contributed by atoms with Crippen molar-refractivity contribution in [3.63, 3.8) is 0 Å². The molecule has 3 N–H and O–H groups in total. The predicted octanol–water partition coefficient (Wildman–Crippen LogP) is 1.23. The second kappa shape index (κ2) is 3.44. The highest BCUT2D eigenvalue weighted by molar-refractivity contribution is 5.75. The Morgan fingerprint density at radius 1 is 1.67 bits per heavy atom. The number of aliphatic carboxylic acids is 1. The van der Waals surface area contributed by atoms with Crippen molar-refractivity contribution < 1.29 is 9.90 Å². The zero-order valence-corrected chi connectivity index (χ0v) is 7.55. The molecule has 0 radical (unpaired) electrons. The molecule has 1 aliphatic carbocycles. The van der Waals surface area contributed by atoms with E-state index in [4.69, 9.17) is 10.8 Å². The van der Waals surface area contributed by atoms with Crippen LogP contribution in [0.1, 0.15) is 32.6 Å². The van der Waals surface area contributed by atoms with Crippen LogP contribution < -0.4 is 5.73 Å². The van der Waals surface area contributed by atoms with E-state index in [9.17, 15) is 4.79 Å². The second-order valence-corrected chi connectivity index (χ2v) is 3.65. The fourth-order valence-corrected chi connectivity index (χ4v) is 1.97. The number of rotatable bonds is 4. The molecule has 70 valence electrons. The lowest BCUT2D eigenvalue weighted by Gasteiger charge is -2.40. The van der Waals surface area contributed by atoms with Gasteiger partial charge in [-0.15, -0.1) is 0 Å². The molecule has 0 amide bonds. The van der Waals surface area contributed by atoms with Gasteiger partial charge in [0, 0.05) is 6.54 Å². The van der Waals surface area contributed by atoms with Gasteiger partial charge in [-0.05, 0) is 25.2 Å². The molecule has 1 rings (SSSR count). The fourth-order valence-electron chi connectivity index (χ4n) is 1.97. The number of carboxylic acid groups (broad SMARTS) is 1. The second-order valence-electron chi connectivity index (χ2n) is 3.65. The molecule has 1 saturated carbocycles. The first-order valence-corrected chi connectivity index (χ1v) is 4.61. The number of hydrogen-bond donors (Lipinski definition) is 2. The molecular weight excluding hydrogens is 154 g/mol. The lowest BCUT2D eigenvalue weighted by Crippen LogP contribution is -2.47. The van der Waals surface area contributed by atoms with Gasteiger partial charge in [-0.25, -0.2) is 0 Å². The molecular formula is C9H17NO2. The smallest absolute Gasteiger partial charge is 0.311 e. The Bertz CT molecular complexity index is 171. The molecule has 1 fully saturated rings. The van der Waals surface area contributed by atoms with Gasteiger partial charge < -0.3 is 10.8 Å². The summed E-state index contributed by atoms with van der Waals surface area (Å²) in [5.74, 6) is -0.387. The molecule has 0 bridgehead atoms. The monoisotopic (exact) mass is 171 g/mol. The number of carbonyl (C=O) groups is 1. The molecule has 0 aliphatic heterocycles. The van der Waals surface area contributed by atoms with Gasteiger partial charge in [-0.3, -0.25) is 4.79 Å². The lowest BCUT2D eigenvalue weighted by atomic mass is 9.64. The van der Waals surface area contributed by atoms with Gasteiger partial charge in [0.25, 0.3) is 0 Å². The molecule has 12 heavy (non-hydrogen) atoms. The minimum atomic E-state index is -0.711. The summed E-state index contributed by atoms with van der Waals surface area (Å²) in [4.78, 5) is 11.0. The largest absolute Gasteiger partial charge is 0.481 e. The number of carboxylic acids is 1. The molecule has 3 heteroatoms. The van der Waals surface area contributed by atoms with E-state index in [0.29, 0.717) is 12.3 Å². The Hall–Kier alpha value is -0.570. The third-order valence-corrected chi connectivity index (χ3v) is 3.31. The summed E-state index contributed by atoms with van der Waals surface area (Å²) >= 11 is 0. The van der Waals surface area contributed by atoms with Crippen molar-refractivity contribution in [2.24, 2.45) is 17.1 Å². The van der Waals surface area contributed by atoms with Gasteiger partial charge in [0.05, 0.1) is 5.41 Å². The summed E-state index contributed by atoms with van der Waals surface area (Å²) in [6.45, 7) is 2.20. The van der Waals surface area contributed by atoms with Gasteiger partial charge in [-0.1, -0.05) is 13.3 Å². The van der Waals surface area contributed by atoms with Crippen LogP contribution in [0.3, 0.4) is 0 Å². The summed E-state index contributed by atoms with van der Waals surface area (Å²) in [5, 5.41) is 9.08. The number of nitrogens with two attached hydrogens (primary N) is 1. The quantitative estimate of drug-likeness (QED) is 0.668. The van der Waals surface area contributed by atoms with Crippen LogP contribution in [-0.4, -0.2) is 17.6 Å². The summed E-state index contributed by atoms with van der Waals surface area (Å²) < 4.78 is 0. The van der Waals surface area contributed by atoms with Crippen LogP contribution >= 0.6 is 0 Å². The first-order chi connectivity index (χ1) is 5.67. The van der Waals surface area contributed by atoms with Crippen molar-refractivity contribution in [3.8, 4) is 0 Å². The molecule has 1 aliphatic rings. The van der Waals surface area contributed by atoms with Crippen LogP contribution in [0.5, 0.6) is 0 Å². The SMILES string of the molecule is CCC(CN)(C(=O)O)C1CCC1. The average molecular weight is 171 g/mol. The summed E-state index contributed by atoms with van der Waals surface area (Å²) in [6.07, 6.45) is 3.90. The van der Waals surface area contributed by atoms with E-state index in [0.717, 1.165) is 12.8 Å². The van der Waals surface area contributed by atoms with Crippen molar-refractivity contribution >= 4 is 5.97 Å². The Labute approximate surface area is 72.9 Å². The van der Waals surface area contributed by atoms with E-state index < -0.39 is 11.4 Å². The normalized spacial score (nSPS) is 22.8. The van der Waals surface area contributed by atoms with Crippen LogP contribution in [0.15, 0.2) is 0 Å². The standard InChI is InChI=1S/C9H17NO2/c1-2-9(6-10,8(11)12)7-4-3-5-7/h7H,2-6,10H2,1H3,(H,11,12). The van der Waals surface area contributed by atoms with E-state index in [-0.39, 0.29) is 6.54 Å². The summed E-state index contributed by atoms with van der Waals surface area (Å²) in [7, 11) is 0. The molecule has 3 nitrogen and oxygen atoms in total. The van der Waals surface area contributed by atoms with E-state index in [1.807, 2.05) is 6.92 Å². The maximum Gasteiger partial charge on any atom is 0.311 e. The first kappa shape index (κ1) is 9.52. The fraction of sp³-hybridized carbons (Fsp3) is 0.889. The molecule has 1 unspecified atom stereocenters. The first-order valence-electron chi connectivity index (χ1n) is 4.61. The Kier molecular flexibility index (Phi) is 2.73. The van der Waals surface area contributed by atoms with Gasteiger partial charge in [-0.2, -0.15) is 0 Å². The zero-order chi connectivity index (χ0) is 9.19. The van der Waals surface area contributed by atoms with E-state index in [1.165, 1.54) is 6.42 Å². The molecule has 0 aromatic heterocycles. The van der Waals surface area contributed by atoms with Crippen molar-refractivity contribution in [2.45, 2.75) is 32.6 Å². The highest BCUT2D eigenvalue weighted by Crippen LogP contribution is 2.43. The van der Waals surface area contributed by atoms with Gasteiger partial charge in [0.2, 0.25) is 0 Å². The maximum atomic E-state index is 11.0. The highest BCUT2D eigenvalue weighted by Gasteiger charge is 2.45. The Morgan fingerprint density at radius 2 is 2.25 bits per heavy atom. The number of hydrogen-bond acceptors (Lipinski definition) is 2. The van der Waals surface area contributed by atoms with Crippen LogP contribution in [0.4, 0.5) is 0 Å². The minimum absolute atomic E-state index is 0.281. The van der Waals surface area contributed by atoms with Crippen molar-refractivity contribution in [2.75, 3.05) is 6.54 Å². The topological polar surface area (TPSA) is 63.3 Å². The van der Waals surface area contributed by atoms with Crippen LogP contribution in [0.25, 0.3) is 0 Å². The van der Waals surface area contributed by atoms with Crippen molar-refractivity contribution in [3.05, 3.63) is 0 Å². The highest BCUT2D eigenvalue weighted by atomic mass is 16.4. The van der Waals surface area contributed by atoms with Crippen LogP contribution in [0.2, 0.25) is 0 Å². The van der Waals surface area contributed by atoms with Crippen LogP contribution in [-0.2, 0) is 4.79 Å². The molecule has 0 aromatic carbocycles. The van der Waals surface area contributed by atoms with Crippen molar-refractivity contribution in [1.82, 2.24) is 0 Å². The third kappa shape index (κ3) is 1.22. The zero-order valence-electron chi connectivity index (χ0n) is 7.55. The average Bonchev–Trinajstić information content (AvgIpc) is 1.95. The van der Waals surface area contributed by atoms with Gasteiger partial charge >= 0.3 is 5.97 Å². The molecule has 0 aromatic rings. The van der Waals surface area contributed by atoms with Crippen molar-refractivity contribution in [1.29, 1.82) is 0 Å². The molecule has 0 heterocycles. The molecule has 0 saturated heterocycles. The van der Waals surface area contributed by atoms with E-state index in [2.05, 4.69) is 0 Å². The van der Waals surface area contributed by atoms with Gasteiger partial charge in [0.1, 0.15) is 0 Å². The Balaban J connectivity index is 2.74. The maximum absolute atomic E-state index is 11.0. The lowest BCUT2D eigenvalue weighted by molar-refractivity contribution is -0.154. The minimum Gasteiger partial charge on any atom is -0.481 e. The molecule has 1 atom stereocenters. The third-order valence-electron chi connectivity index (χ3n) is 3.31. The summed E-state index contributed by atoms with van der Waals surface area (Å²) in [6, 6.07) is 0. The van der Waals surface area contributed by atoms with Crippen LogP contribution in [0, 0.1) is 11.3 Å². The predicted molar refractivity (Wildman–Crippen MR) is 46.8 cm³/mol.